The van der Waals surface area contributed by atoms with E-state index in [0.717, 1.165) is 11.1 Å². The number of ether oxygens (including phenoxy) is 2. The zero-order valence-corrected chi connectivity index (χ0v) is 20.6. The van der Waals surface area contributed by atoms with Gasteiger partial charge in [0.15, 0.2) is 6.61 Å². The molecule has 37 heavy (non-hydrogen) atoms. The second-order valence-corrected chi connectivity index (χ2v) is 9.28. The molecule has 1 heterocycles. The molecule has 1 aliphatic rings. The highest BCUT2D eigenvalue weighted by Crippen LogP contribution is 2.41. The molecule has 4 rings (SSSR count). The van der Waals surface area contributed by atoms with Gasteiger partial charge in [-0.2, -0.15) is 23.3 Å². The average molecular weight is 513 g/mol. The summed E-state index contributed by atoms with van der Waals surface area (Å²) in [4.78, 5) is 12.8. The van der Waals surface area contributed by atoms with Crippen molar-refractivity contribution in [2.75, 3.05) is 13.7 Å². The fourth-order valence-corrected chi connectivity index (χ4v) is 4.19. The van der Waals surface area contributed by atoms with Crippen molar-refractivity contribution in [2.24, 2.45) is 5.10 Å². The second kappa shape index (κ2) is 9.89. The molecule has 0 fully saturated rings. The zero-order valence-electron chi connectivity index (χ0n) is 20.6. The van der Waals surface area contributed by atoms with Crippen molar-refractivity contribution >= 4 is 11.6 Å². The summed E-state index contributed by atoms with van der Waals surface area (Å²) in [5.41, 5.74) is -1.47. The summed E-state index contributed by atoms with van der Waals surface area (Å²) in [6.45, 7) is 3.41. The molecule has 0 aromatic heterocycles. The molecule has 1 amide bonds. The van der Waals surface area contributed by atoms with E-state index >= 15 is 0 Å². The summed E-state index contributed by atoms with van der Waals surface area (Å²) in [6.07, 6.45) is -6.06. The number of carbonyl (C=O) groups excluding carboxylic acids is 1. The Hall–Kier alpha value is -3.85. The summed E-state index contributed by atoms with van der Waals surface area (Å²) in [5.74, 6) is -0.429. The number of benzene rings is 3. The Morgan fingerprint density at radius 2 is 1.62 bits per heavy atom. The van der Waals surface area contributed by atoms with Crippen LogP contribution in [-0.2, 0) is 10.2 Å². The number of aliphatic hydroxyl groups is 1. The molecule has 3 aromatic rings. The van der Waals surface area contributed by atoms with Crippen molar-refractivity contribution in [1.82, 2.24) is 5.01 Å². The number of alkyl halides is 3. The second-order valence-electron chi connectivity index (χ2n) is 9.28. The van der Waals surface area contributed by atoms with Crippen LogP contribution in [0.1, 0.15) is 37.0 Å². The first kappa shape index (κ1) is 26.2. The molecule has 1 atom stereocenters. The van der Waals surface area contributed by atoms with E-state index in [1.807, 2.05) is 42.5 Å². The van der Waals surface area contributed by atoms with Crippen LogP contribution in [0.4, 0.5) is 13.2 Å². The number of carbonyl (C=O) groups is 1. The standard InChI is InChI=1S/C28H27F3N2O4/c1-26(2,20-9-5-4-6-10-20)21-12-14-22(15-13-21)37-18-25(34)33-27(35,28(29,30)31)17-24(32-33)19-8-7-11-23(16-19)36-3/h4-16,35H,17-18H2,1-3H3/t27-/m0/s1. The molecule has 0 radical (unpaired) electrons. The van der Waals surface area contributed by atoms with Crippen LogP contribution in [0.5, 0.6) is 11.5 Å². The third kappa shape index (κ3) is 5.17. The first-order valence-corrected chi connectivity index (χ1v) is 11.6. The number of hydrogen-bond donors (Lipinski definition) is 1. The van der Waals surface area contributed by atoms with Crippen LogP contribution >= 0.6 is 0 Å². The summed E-state index contributed by atoms with van der Waals surface area (Å²) in [7, 11) is 1.42. The lowest BCUT2D eigenvalue weighted by Crippen LogP contribution is -2.57. The van der Waals surface area contributed by atoms with Crippen molar-refractivity contribution in [2.45, 2.75) is 37.6 Å². The van der Waals surface area contributed by atoms with Crippen LogP contribution in [0.25, 0.3) is 0 Å². The highest BCUT2D eigenvalue weighted by molar-refractivity contribution is 6.03. The van der Waals surface area contributed by atoms with Gasteiger partial charge in [0.05, 0.1) is 19.2 Å². The largest absolute Gasteiger partial charge is 0.497 e. The summed E-state index contributed by atoms with van der Waals surface area (Å²) in [6, 6.07) is 23.1. The minimum atomic E-state index is -5.14. The topological polar surface area (TPSA) is 71.4 Å². The normalized spacial score (nSPS) is 17.9. The number of nitrogens with zero attached hydrogens (tertiary/aromatic N) is 2. The Bertz CT molecular complexity index is 1290. The van der Waals surface area contributed by atoms with Gasteiger partial charge in [0.1, 0.15) is 11.5 Å². The van der Waals surface area contributed by atoms with Gasteiger partial charge in [0.25, 0.3) is 11.6 Å². The Balaban J connectivity index is 1.51. The van der Waals surface area contributed by atoms with E-state index in [4.69, 9.17) is 9.47 Å². The van der Waals surface area contributed by atoms with Crippen LogP contribution < -0.4 is 9.47 Å². The molecular weight excluding hydrogens is 485 g/mol. The average Bonchev–Trinajstić information content (AvgIpc) is 3.27. The van der Waals surface area contributed by atoms with Crippen molar-refractivity contribution in [3.05, 3.63) is 95.6 Å². The number of halogens is 3. The maximum Gasteiger partial charge on any atom is 0.438 e. The highest BCUT2D eigenvalue weighted by Gasteiger charge is 2.63. The SMILES string of the molecule is COc1cccc(C2=NN(C(=O)COc3ccc(C(C)(C)c4ccccc4)cc3)[C@@](O)(C(F)(F)F)C2)c1. The summed E-state index contributed by atoms with van der Waals surface area (Å²) < 4.78 is 52.2. The lowest BCUT2D eigenvalue weighted by Gasteiger charge is -2.32. The van der Waals surface area contributed by atoms with Gasteiger partial charge < -0.3 is 14.6 Å². The fourth-order valence-electron chi connectivity index (χ4n) is 4.19. The van der Waals surface area contributed by atoms with Gasteiger partial charge >= 0.3 is 6.18 Å². The first-order chi connectivity index (χ1) is 17.5. The molecule has 6 nitrogen and oxygen atoms in total. The fraction of sp³-hybridized carbons (Fsp3) is 0.286. The molecule has 0 saturated carbocycles. The van der Waals surface area contributed by atoms with Gasteiger partial charge in [0, 0.05) is 11.0 Å². The number of amides is 1. The molecule has 0 spiro atoms. The van der Waals surface area contributed by atoms with Crippen LogP contribution in [0.3, 0.4) is 0 Å². The minimum Gasteiger partial charge on any atom is -0.497 e. The Morgan fingerprint density at radius 3 is 2.24 bits per heavy atom. The Morgan fingerprint density at radius 1 is 0.973 bits per heavy atom. The smallest absolute Gasteiger partial charge is 0.438 e. The maximum atomic E-state index is 13.9. The van der Waals surface area contributed by atoms with Crippen LogP contribution in [0.2, 0.25) is 0 Å². The molecule has 9 heteroatoms. The quantitative estimate of drug-likeness (QED) is 0.467. The van der Waals surface area contributed by atoms with E-state index in [2.05, 4.69) is 18.9 Å². The molecule has 3 aromatic carbocycles. The van der Waals surface area contributed by atoms with Crippen molar-refractivity contribution < 1.29 is 32.5 Å². The lowest BCUT2D eigenvalue weighted by molar-refractivity contribution is -0.302. The molecule has 0 bridgehead atoms. The highest BCUT2D eigenvalue weighted by atomic mass is 19.4. The van der Waals surface area contributed by atoms with Gasteiger partial charge in [-0.15, -0.1) is 0 Å². The first-order valence-electron chi connectivity index (χ1n) is 11.6. The van der Waals surface area contributed by atoms with E-state index in [-0.39, 0.29) is 16.1 Å². The van der Waals surface area contributed by atoms with Crippen molar-refractivity contribution in [3.63, 3.8) is 0 Å². The van der Waals surface area contributed by atoms with Crippen LogP contribution in [0.15, 0.2) is 84.0 Å². The molecule has 1 aliphatic heterocycles. The third-order valence-corrected chi connectivity index (χ3v) is 6.51. The summed E-state index contributed by atoms with van der Waals surface area (Å²) >= 11 is 0. The maximum absolute atomic E-state index is 13.9. The molecular formula is C28H27F3N2O4. The summed E-state index contributed by atoms with van der Waals surface area (Å²) in [5, 5.41) is 14.4. The van der Waals surface area contributed by atoms with E-state index < -0.39 is 30.8 Å². The van der Waals surface area contributed by atoms with Gasteiger partial charge in [-0.3, -0.25) is 4.79 Å². The van der Waals surface area contributed by atoms with E-state index in [1.54, 1.807) is 24.3 Å². The number of hydrogen-bond acceptors (Lipinski definition) is 5. The monoisotopic (exact) mass is 512 g/mol. The predicted octanol–water partition coefficient (Wildman–Crippen LogP) is 5.29. The van der Waals surface area contributed by atoms with Crippen molar-refractivity contribution in [3.8, 4) is 11.5 Å². The van der Waals surface area contributed by atoms with E-state index in [0.29, 0.717) is 17.1 Å². The van der Waals surface area contributed by atoms with Gasteiger partial charge in [-0.05, 0) is 35.4 Å². The molecule has 0 saturated heterocycles. The van der Waals surface area contributed by atoms with Crippen LogP contribution in [-0.4, -0.2) is 47.4 Å². The third-order valence-electron chi connectivity index (χ3n) is 6.51. The van der Waals surface area contributed by atoms with Crippen LogP contribution in [0, 0.1) is 0 Å². The number of hydrazone groups is 1. The van der Waals surface area contributed by atoms with Gasteiger partial charge in [-0.1, -0.05) is 68.4 Å². The lowest BCUT2D eigenvalue weighted by atomic mass is 9.78. The minimum absolute atomic E-state index is 0.0642. The number of methoxy groups -OCH3 is 1. The van der Waals surface area contributed by atoms with Gasteiger partial charge in [-0.25, -0.2) is 0 Å². The van der Waals surface area contributed by atoms with Crippen molar-refractivity contribution in [1.29, 1.82) is 0 Å². The molecule has 0 aliphatic carbocycles. The van der Waals surface area contributed by atoms with E-state index in [9.17, 15) is 23.1 Å². The Kier molecular flexibility index (Phi) is 7.01. The Labute approximate surface area is 212 Å². The molecule has 194 valence electrons. The van der Waals surface area contributed by atoms with Gasteiger partial charge in [0.2, 0.25) is 0 Å². The zero-order chi connectivity index (χ0) is 26.8. The predicted molar refractivity (Wildman–Crippen MR) is 133 cm³/mol. The number of rotatable bonds is 7. The van der Waals surface area contributed by atoms with E-state index in [1.165, 1.54) is 19.2 Å². The molecule has 0 unspecified atom stereocenters. The molecule has 1 N–H and O–H groups in total.